The topological polar surface area (TPSA) is 46.2 Å². The van der Waals surface area contributed by atoms with E-state index >= 15 is 0 Å². The fourth-order valence-electron chi connectivity index (χ4n) is 2.49. The molecule has 0 fully saturated rings. The lowest BCUT2D eigenvalue weighted by molar-refractivity contribution is 0.581. The number of benzene rings is 2. The van der Waals surface area contributed by atoms with Gasteiger partial charge in [-0.05, 0) is 42.2 Å². The Labute approximate surface area is 150 Å². The van der Waals surface area contributed by atoms with Crippen molar-refractivity contribution in [2.24, 2.45) is 0 Å². The summed E-state index contributed by atoms with van der Waals surface area (Å²) in [6.07, 6.45) is 5.82. The van der Waals surface area contributed by atoms with Gasteiger partial charge in [0.1, 0.15) is 0 Å². The van der Waals surface area contributed by atoms with Gasteiger partial charge in [-0.15, -0.1) is 0 Å². The van der Waals surface area contributed by atoms with Crippen LogP contribution in [0.3, 0.4) is 0 Å². The Balaban J connectivity index is 1.95. The van der Waals surface area contributed by atoms with Crippen molar-refractivity contribution in [2.45, 2.75) is 50.5 Å². The van der Waals surface area contributed by atoms with Gasteiger partial charge in [-0.3, -0.25) is 0 Å². The molecule has 0 saturated carbocycles. The number of hydrogen-bond donors (Lipinski definition) is 1. The summed E-state index contributed by atoms with van der Waals surface area (Å²) in [6.45, 7) is 2.37. The molecule has 1 N–H and O–H groups in total. The molecular formula is C19H24ClNO2S. The predicted molar refractivity (Wildman–Crippen MR) is 99.8 cm³/mol. The van der Waals surface area contributed by atoms with E-state index in [0.29, 0.717) is 5.02 Å². The van der Waals surface area contributed by atoms with E-state index in [1.54, 1.807) is 18.2 Å². The number of rotatable bonds is 9. The molecule has 0 heterocycles. The van der Waals surface area contributed by atoms with Gasteiger partial charge in [-0.25, -0.2) is 13.1 Å². The molecule has 0 aromatic heterocycles. The molecule has 2 aromatic carbocycles. The van der Waals surface area contributed by atoms with Gasteiger partial charge in [-0.2, -0.15) is 0 Å². The molecule has 5 heteroatoms. The van der Waals surface area contributed by atoms with Crippen molar-refractivity contribution in [3.63, 3.8) is 0 Å². The summed E-state index contributed by atoms with van der Waals surface area (Å²) in [4.78, 5) is 0.284. The SMILES string of the molecule is CCCCCCc1ccc(S(=O)(=O)NCc2ccccc2Cl)cc1. The van der Waals surface area contributed by atoms with Gasteiger partial charge >= 0.3 is 0 Å². The predicted octanol–water partition coefficient (Wildman–Crippen LogP) is 4.94. The van der Waals surface area contributed by atoms with Crippen LogP contribution in [0.15, 0.2) is 53.4 Å². The van der Waals surface area contributed by atoms with Crippen molar-refractivity contribution < 1.29 is 8.42 Å². The maximum atomic E-state index is 12.4. The van der Waals surface area contributed by atoms with E-state index in [1.165, 1.54) is 24.8 Å². The van der Waals surface area contributed by atoms with Crippen LogP contribution in [0.2, 0.25) is 5.02 Å². The normalized spacial score (nSPS) is 11.6. The Kier molecular flexibility index (Phi) is 7.28. The smallest absolute Gasteiger partial charge is 0.207 e. The maximum Gasteiger partial charge on any atom is 0.240 e. The molecule has 2 rings (SSSR count). The maximum absolute atomic E-state index is 12.4. The molecular weight excluding hydrogens is 342 g/mol. The molecule has 3 nitrogen and oxygen atoms in total. The first-order valence-electron chi connectivity index (χ1n) is 8.35. The standard InChI is InChI=1S/C19H24ClNO2S/c1-2-3-4-5-8-16-11-13-18(14-12-16)24(22,23)21-15-17-9-6-7-10-19(17)20/h6-7,9-14,21H,2-5,8,15H2,1H3. The Morgan fingerprint density at radius 3 is 2.33 bits per heavy atom. The van der Waals surface area contributed by atoms with Gasteiger partial charge in [0, 0.05) is 11.6 Å². The molecule has 0 unspecified atom stereocenters. The molecule has 0 radical (unpaired) electrons. The highest BCUT2D eigenvalue weighted by Gasteiger charge is 2.14. The first-order chi connectivity index (χ1) is 11.5. The molecule has 24 heavy (non-hydrogen) atoms. The number of hydrogen-bond acceptors (Lipinski definition) is 2. The molecule has 2 aromatic rings. The fraction of sp³-hybridized carbons (Fsp3) is 0.368. The summed E-state index contributed by atoms with van der Waals surface area (Å²) < 4.78 is 27.3. The third-order valence-electron chi connectivity index (χ3n) is 3.96. The fourth-order valence-corrected chi connectivity index (χ4v) is 3.70. The van der Waals surface area contributed by atoms with Crippen LogP contribution in [0.1, 0.15) is 43.7 Å². The molecule has 0 aliphatic heterocycles. The van der Waals surface area contributed by atoms with Crippen molar-refractivity contribution in [1.29, 1.82) is 0 Å². The third-order valence-corrected chi connectivity index (χ3v) is 5.75. The zero-order chi connectivity index (χ0) is 17.4. The number of nitrogens with one attached hydrogen (secondary N) is 1. The Morgan fingerprint density at radius 1 is 0.958 bits per heavy atom. The van der Waals surface area contributed by atoms with E-state index in [0.717, 1.165) is 18.4 Å². The first-order valence-corrected chi connectivity index (χ1v) is 10.2. The second-order valence-electron chi connectivity index (χ2n) is 5.87. The molecule has 130 valence electrons. The van der Waals surface area contributed by atoms with Crippen molar-refractivity contribution in [1.82, 2.24) is 4.72 Å². The molecule has 0 spiro atoms. The van der Waals surface area contributed by atoms with Gasteiger partial charge in [0.05, 0.1) is 4.90 Å². The Hall–Kier alpha value is -1.36. The van der Waals surface area contributed by atoms with E-state index in [1.807, 2.05) is 30.3 Å². The van der Waals surface area contributed by atoms with Crippen molar-refractivity contribution in [3.05, 3.63) is 64.7 Å². The quantitative estimate of drug-likeness (QED) is 0.639. The first kappa shape index (κ1) is 19.0. The van der Waals surface area contributed by atoms with E-state index in [9.17, 15) is 8.42 Å². The molecule has 0 aliphatic rings. The average Bonchev–Trinajstić information content (AvgIpc) is 2.58. The summed E-state index contributed by atoms with van der Waals surface area (Å²) in [5, 5.41) is 0.558. The summed E-state index contributed by atoms with van der Waals surface area (Å²) in [5.41, 5.74) is 1.94. The van der Waals surface area contributed by atoms with Crippen LogP contribution in [0.5, 0.6) is 0 Å². The minimum absolute atomic E-state index is 0.181. The van der Waals surface area contributed by atoms with Crippen LogP contribution in [0, 0.1) is 0 Å². The van der Waals surface area contributed by atoms with Crippen molar-refractivity contribution >= 4 is 21.6 Å². The van der Waals surface area contributed by atoms with Crippen LogP contribution in [-0.2, 0) is 23.0 Å². The Bertz CT molecular complexity index is 742. The zero-order valence-electron chi connectivity index (χ0n) is 14.0. The van der Waals surface area contributed by atoms with Gasteiger partial charge < -0.3 is 0 Å². The van der Waals surface area contributed by atoms with E-state index in [2.05, 4.69) is 11.6 Å². The lowest BCUT2D eigenvalue weighted by atomic mass is 10.1. The number of aryl methyl sites for hydroxylation is 1. The zero-order valence-corrected chi connectivity index (χ0v) is 15.5. The van der Waals surface area contributed by atoms with E-state index < -0.39 is 10.0 Å². The van der Waals surface area contributed by atoms with Crippen molar-refractivity contribution in [3.8, 4) is 0 Å². The van der Waals surface area contributed by atoms with Crippen LogP contribution in [0.25, 0.3) is 0 Å². The van der Waals surface area contributed by atoms with Crippen LogP contribution < -0.4 is 4.72 Å². The van der Waals surface area contributed by atoms with Crippen LogP contribution >= 0.6 is 11.6 Å². The Morgan fingerprint density at radius 2 is 1.67 bits per heavy atom. The number of unbranched alkanes of at least 4 members (excludes halogenated alkanes) is 3. The van der Waals surface area contributed by atoms with Gasteiger partial charge in [0.25, 0.3) is 0 Å². The minimum Gasteiger partial charge on any atom is -0.207 e. The summed E-state index contributed by atoms with van der Waals surface area (Å²) >= 11 is 6.06. The largest absolute Gasteiger partial charge is 0.240 e. The molecule has 0 atom stereocenters. The second-order valence-corrected chi connectivity index (χ2v) is 8.04. The monoisotopic (exact) mass is 365 g/mol. The minimum atomic E-state index is -3.53. The molecule has 0 bridgehead atoms. The summed E-state index contributed by atoms with van der Waals surface area (Å²) in [6, 6.07) is 14.4. The number of halogens is 1. The summed E-state index contributed by atoms with van der Waals surface area (Å²) in [5.74, 6) is 0. The highest BCUT2D eigenvalue weighted by molar-refractivity contribution is 7.89. The highest BCUT2D eigenvalue weighted by atomic mass is 35.5. The third kappa shape index (κ3) is 5.62. The molecule has 0 saturated heterocycles. The van der Waals surface area contributed by atoms with Gasteiger partial charge in [0.2, 0.25) is 10.0 Å². The number of sulfonamides is 1. The molecule has 0 aliphatic carbocycles. The van der Waals surface area contributed by atoms with E-state index in [-0.39, 0.29) is 11.4 Å². The highest BCUT2D eigenvalue weighted by Crippen LogP contribution is 2.17. The summed E-state index contributed by atoms with van der Waals surface area (Å²) in [7, 11) is -3.53. The van der Waals surface area contributed by atoms with Crippen LogP contribution in [0.4, 0.5) is 0 Å². The second kappa shape index (κ2) is 9.21. The van der Waals surface area contributed by atoms with Crippen molar-refractivity contribution in [2.75, 3.05) is 0 Å². The average molecular weight is 366 g/mol. The van der Waals surface area contributed by atoms with E-state index in [4.69, 9.17) is 11.6 Å². The lowest BCUT2D eigenvalue weighted by Crippen LogP contribution is -2.23. The lowest BCUT2D eigenvalue weighted by Gasteiger charge is -2.09. The van der Waals surface area contributed by atoms with Crippen LogP contribution in [-0.4, -0.2) is 8.42 Å². The molecule has 0 amide bonds. The van der Waals surface area contributed by atoms with Gasteiger partial charge in [-0.1, -0.05) is 68.1 Å². The van der Waals surface area contributed by atoms with Gasteiger partial charge in [0.15, 0.2) is 0 Å².